The average Bonchev–Trinajstić information content (AvgIpc) is 3.04. The summed E-state index contributed by atoms with van der Waals surface area (Å²) in [5.74, 6) is -0.159. The molecule has 0 unspecified atom stereocenters. The Balaban J connectivity index is 1.74. The van der Waals surface area contributed by atoms with E-state index < -0.39 is 0 Å². The summed E-state index contributed by atoms with van der Waals surface area (Å²) in [5, 5.41) is 6.50. The molecule has 116 valence electrons. The van der Waals surface area contributed by atoms with Crippen LogP contribution in [0, 0.1) is 12.7 Å². The number of aromatic nitrogens is 1. The Morgan fingerprint density at radius 1 is 1.13 bits per heavy atom. The molecule has 0 saturated carbocycles. The SMILES string of the molecule is Cc1ccc(-c2oncc2C(=O)NCc2ccc(F)cc2)cc1. The van der Waals surface area contributed by atoms with E-state index in [1.165, 1.54) is 18.3 Å². The number of benzene rings is 2. The lowest BCUT2D eigenvalue weighted by molar-refractivity contribution is 0.0951. The summed E-state index contributed by atoms with van der Waals surface area (Å²) < 4.78 is 18.1. The Kier molecular flexibility index (Phi) is 4.19. The van der Waals surface area contributed by atoms with Gasteiger partial charge in [-0.3, -0.25) is 4.79 Å². The molecule has 1 N–H and O–H groups in total. The van der Waals surface area contributed by atoms with Gasteiger partial charge in [-0.2, -0.15) is 0 Å². The Morgan fingerprint density at radius 3 is 2.52 bits per heavy atom. The quantitative estimate of drug-likeness (QED) is 0.799. The second-order valence-corrected chi connectivity index (χ2v) is 5.24. The summed E-state index contributed by atoms with van der Waals surface area (Å²) >= 11 is 0. The van der Waals surface area contributed by atoms with Crippen LogP contribution in [0.1, 0.15) is 21.5 Å². The minimum absolute atomic E-state index is 0.286. The van der Waals surface area contributed by atoms with Crippen LogP contribution in [0.4, 0.5) is 4.39 Å². The third-order valence-corrected chi connectivity index (χ3v) is 3.50. The molecule has 0 saturated heterocycles. The number of rotatable bonds is 4. The van der Waals surface area contributed by atoms with E-state index in [1.54, 1.807) is 12.1 Å². The van der Waals surface area contributed by atoms with Crippen LogP contribution in [0.3, 0.4) is 0 Å². The van der Waals surface area contributed by atoms with Gasteiger partial charge in [-0.25, -0.2) is 4.39 Å². The van der Waals surface area contributed by atoms with Gasteiger partial charge in [0.05, 0.1) is 6.20 Å². The van der Waals surface area contributed by atoms with E-state index in [1.807, 2.05) is 31.2 Å². The number of hydrogen-bond acceptors (Lipinski definition) is 3. The fourth-order valence-electron chi connectivity index (χ4n) is 2.19. The number of hydrogen-bond donors (Lipinski definition) is 1. The van der Waals surface area contributed by atoms with Crippen molar-refractivity contribution in [2.75, 3.05) is 0 Å². The maximum absolute atomic E-state index is 12.9. The van der Waals surface area contributed by atoms with E-state index in [2.05, 4.69) is 10.5 Å². The molecule has 3 aromatic rings. The maximum atomic E-state index is 12.9. The Hall–Kier alpha value is -2.95. The zero-order valence-electron chi connectivity index (χ0n) is 12.5. The van der Waals surface area contributed by atoms with Gasteiger partial charge in [0.1, 0.15) is 11.4 Å². The number of halogens is 1. The lowest BCUT2D eigenvalue weighted by Gasteiger charge is -2.05. The minimum Gasteiger partial charge on any atom is -0.355 e. The molecule has 1 amide bonds. The van der Waals surface area contributed by atoms with Crippen molar-refractivity contribution in [1.29, 1.82) is 0 Å². The van der Waals surface area contributed by atoms with Crippen molar-refractivity contribution >= 4 is 5.91 Å². The van der Waals surface area contributed by atoms with Crippen LogP contribution < -0.4 is 5.32 Å². The van der Waals surface area contributed by atoms with E-state index in [-0.39, 0.29) is 11.7 Å². The molecule has 3 rings (SSSR count). The molecule has 4 nitrogen and oxygen atoms in total. The van der Waals surface area contributed by atoms with E-state index in [9.17, 15) is 9.18 Å². The van der Waals surface area contributed by atoms with E-state index in [0.717, 1.165) is 16.7 Å². The van der Waals surface area contributed by atoms with Crippen molar-refractivity contribution in [2.45, 2.75) is 13.5 Å². The highest BCUT2D eigenvalue weighted by Crippen LogP contribution is 2.23. The highest BCUT2D eigenvalue weighted by molar-refractivity contribution is 5.99. The first kappa shape index (κ1) is 15.0. The van der Waals surface area contributed by atoms with Crippen LogP contribution in [0.15, 0.2) is 59.3 Å². The molecular weight excluding hydrogens is 295 g/mol. The van der Waals surface area contributed by atoms with Gasteiger partial charge in [0.15, 0.2) is 5.76 Å². The molecule has 2 aromatic carbocycles. The number of carbonyl (C=O) groups is 1. The molecule has 0 spiro atoms. The van der Waals surface area contributed by atoms with E-state index in [4.69, 9.17) is 4.52 Å². The Morgan fingerprint density at radius 2 is 1.83 bits per heavy atom. The van der Waals surface area contributed by atoms with Crippen molar-refractivity contribution in [3.63, 3.8) is 0 Å². The van der Waals surface area contributed by atoms with Crippen molar-refractivity contribution in [1.82, 2.24) is 10.5 Å². The first-order valence-electron chi connectivity index (χ1n) is 7.18. The fraction of sp³-hybridized carbons (Fsp3) is 0.111. The van der Waals surface area contributed by atoms with Crippen LogP contribution in [0.2, 0.25) is 0 Å². The van der Waals surface area contributed by atoms with Gasteiger partial charge >= 0.3 is 0 Å². The lowest BCUT2D eigenvalue weighted by atomic mass is 10.1. The standard InChI is InChI=1S/C18H15FN2O2/c1-12-2-6-14(7-3-12)17-16(11-21-23-17)18(22)20-10-13-4-8-15(19)9-5-13/h2-9,11H,10H2,1H3,(H,20,22). The van der Waals surface area contributed by atoms with Crippen LogP contribution >= 0.6 is 0 Å². The largest absolute Gasteiger partial charge is 0.355 e. The monoisotopic (exact) mass is 310 g/mol. The molecule has 0 fully saturated rings. The predicted octanol–water partition coefficient (Wildman–Crippen LogP) is 3.72. The third kappa shape index (κ3) is 3.45. The first-order chi connectivity index (χ1) is 11.1. The number of carbonyl (C=O) groups excluding carboxylic acids is 1. The molecule has 0 radical (unpaired) electrons. The van der Waals surface area contributed by atoms with Crippen LogP contribution in [-0.2, 0) is 6.54 Å². The van der Waals surface area contributed by atoms with Crippen molar-refractivity contribution in [3.05, 3.63) is 77.2 Å². The van der Waals surface area contributed by atoms with Crippen molar-refractivity contribution in [2.24, 2.45) is 0 Å². The van der Waals surface area contributed by atoms with Crippen molar-refractivity contribution in [3.8, 4) is 11.3 Å². The summed E-state index contributed by atoms with van der Waals surface area (Å²) in [6.07, 6.45) is 1.40. The van der Waals surface area contributed by atoms with Crippen molar-refractivity contribution < 1.29 is 13.7 Å². The summed E-state index contributed by atoms with van der Waals surface area (Å²) in [6, 6.07) is 13.6. The Labute approximate surface area is 132 Å². The summed E-state index contributed by atoms with van der Waals surface area (Å²) in [5.41, 5.74) is 3.10. The number of nitrogens with one attached hydrogen (secondary N) is 1. The number of nitrogens with zero attached hydrogens (tertiary/aromatic N) is 1. The zero-order valence-corrected chi connectivity index (χ0v) is 12.5. The molecule has 0 aliphatic carbocycles. The first-order valence-corrected chi connectivity index (χ1v) is 7.18. The van der Waals surface area contributed by atoms with Gasteiger partial charge in [-0.15, -0.1) is 0 Å². The average molecular weight is 310 g/mol. The van der Waals surface area contributed by atoms with Crippen LogP contribution in [-0.4, -0.2) is 11.1 Å². The normalized spacial score (nSPS) is 10.5. The van der Waals surface area contributed by atoms with Gasteiger partial charge in [-0.1, -0.05) is 47.1 Å². The number of aryl methyl sites for hydroxylation is 1. The van der Waals surface area contributed by atoms with Gasteiger partial charge in [0, 0.05) is 12.1 Å². The molecule has 1 heterocycles. The molecule has 1 aromatic heterocycles. The zero-order chi connectivity index (χ0) is 16.2. The molecule has 5 heteroatoms. The molecule has 23 heavy (non-hydrogen) atoms. The smallest absolute Gasteiger partial charge is 0.257 e. The highest BCUT2D eigenvalue weighted by atomic mass is 19.1. The van der Waals surface area contributed by atoms with E-state index in [0.29, 0.717) is 17.9 Å². The molecular formula is C18H15FN2O2. The topological polar surface area (TPSA) is 55.1 Å². The van der Waals surface area contributed by atoms with E-state index >= 15 is 0 Å². The third-order valence-electron chi connectivity index (χ3n) is 3.50. The van der Waals surface area contributed by atoms with Gasteiger partial charge in [0.25, 0.3) is 5.91 Å². The molecule has 0 bridgehead atoms. The molecule has 0 aliphatic heterocycles. The fourth-order valence-corrected chi connectivity index (χ4v) is 2.19. The second-order valence-electron chi connectivity index (χ2n) is 5.24. The van der Waals surface area contributed by atoms with Gasteiger partial charge in [-0.05, 0) is 24.6 Å². The Bertz CT molecular complexity index is 808. The van der Waals surface area contributed by atoms with Gasteiger partial charge < -0.3 is 9.84 Å². The second kappa shape index (κ2) is 6.44. The summed E-state index contributed by atoms with van der Waals surface area (Å²) in [6.45, 7) is 2.29. The van der Waals surface area contributed by atoms with Crippen LogP contribution in [0.5, 0.6) is 0 Å². The lowest BCUT2D eigenvalue weighted by Crippen LogP contribution is -2.22. The molecule has 0 aliphatic rings. The minimum atomic E-state index is -0.305. The molecule has 0 atom stereocenters. The predicted molar refractivity (Wildman–Crippen MR) is 84.2 cm³/mol. The highest BCUT2D eigenvalue weighted by Gasteiger charge is 2.17. The van der Waals surface area contributed by atoms with Crippen LogP contribution in [0.25, 0.3) is 11.3 Å². The maximum Gasteiger partial charge on any atom is 0.257 e. The summed E-state index contributed by atoms with van der Waals surface area (Å²) in [4.78, 5) is 12.3. The van der Waals surface area contributed by atoms with Gasteiger partial charge in [0.2, 0.25) is 0 Å². The number of amides is 1. The summed E-state index contributed by atoms with van der Waals surface area (Å²) in [7, 11) is 0.